The summed E-state index contributed by atoms with van der Waals surface area (Å²) in [6.07, 6.45) is 0. The van der Waals surface area contributed by atoms with E-state index in [4.69, 9.17) is 21.1 Å². The number of benzene rings is 2. The molecule has 0 bridgehead atoms. The van der Waals surface area contributed by atoms with E-state index in [1.54, 1.807) is 30.3 Å². The van der Waals surface area contributed by atoms with Crippen LogP contribution in [0.3, 0.4) is 0 Å². The summed E-state index contributed by atoms with van der Waals surface area (Å²) in [5.41, 5.74) is 10.7. The van der Waals surface area contributed by atoms with E-state index in [-0.39, 0.29) is 11.6 Å². The number of nitrogens with zero attached hydrogens (tertiary/aromatic N) is 2. The molecule has 0 aliphatic carbocycles. The highest BCUT2D eigenvalue weighted by atomic mass is 16.5. The maximum absolute atomic E-state index is 12.4. The van der Waals surface area contributed by atoms with Gasteiger partial charge in [0.2, 0.25) is 5.71 Å². The van der Waals surface area contributed by atoms with Crippen LogP contribution in [0.25, 0.3) is 0 Å². The van der Waals surface area contributed by atoms with Crippen molar-refractivity contribution in [2.24, 2.45) is 10.8 Å². The SMILES string of the molecule is Cc1ccc(OCCNC(=O)c2ccccc2N/N=C(\C#N)C(=N)N)cc1C. The molecular weight excluding hydrogens is 356 g/mol. The number of hydrazone groups is 1. The summed E-state index contributed by atoms with van der Waals surface area (Å²) in [4.78, 5) is 12.4. The van der Waals surface area contributed by atoms with Crippen molar-refractivity contribution in [2.75, 3.05) is 18.6 Å². The minimum atomic E-state index is -0.458. The molecule has 0 heterocycles. The molecule has 0 aromatic heterocycles. The van der Waals surface area contributed by atoms with Gasteiger partial charge in [0.05, 0.1) is 17.8 Å². The van der Waals surface area contributed by atoms with Gasteiger partial charge in [-0.3, -0.25) is 15.6 Å². The van der Waals surface area contributed by atoms with E-state index in [0.717, 1.165) is 11.3 Å². The largest absolute Gasteiger partial charge is 0.492 e. The fourth-order valence-corrected chi connectivity index (χ4v) is 2.27. The van der Waals surface area contributed by atoms with E-state index in [0.29, 0.717) is 24.4 Å². The van der Waals surface area contributed by atoms with Gasteiger partial charge in [0, 0.05) is 0 Å². The Balaban J connectivity index is 1.94. The number of aryl methyl sites for hydroxylation is 2. The van der Waals surface area contributed by atoms with Crippen LogP contribution in [0.4, 0.5) is 5.69 Å². The smallest absolute Gasteiger partial charge is 0.253 e. The monoisotopic (exact) mass is 378 g/mol. The summed E-state index contributed by atoms with van der Waals surface area (Å²) in [7, 11) is 0. The maximum atomic E-state index is 12.4. The molecule has 0 unspecified atom stereocenters. The van der Waals surface area contributed by atoms with Crippen molar-refractivity contribution in [3.8, 4) is 11.8 Å². The molecule has 0 atom stereocenters. The van der Waals surface area contributed by atoms with Gasteiger partial charge in [0.25, 0.3) is 5.91 Å². The van der Waals surface area contributed by atoms with E-state index in [1.165, 1.54) is 5.56 Å². The summed E-state index contributed by atoms with van der Waals surface area (Å²) in [6, 6.07) is 14.2. The number of amidine groups is 1. The van der Waals surface area contributed by atoms with E-state index >= 15 is 0 Å². The Kier molecular flexibility index (Phi) is 7.11. The van der Waals surface area contributed by atoms with Crippen LogP contribution in [0.15, 0.2) is 47.6 Å². The molecule has 8 heteroatoms. The van der Waals surface area contributed by atoms with Crippen molar-refractivity contribution in [1.29, 1.82) is 10.7 Å². The number of hydrogen-bond acceptors (Lipinski definition) is 6. The van der Waals surface area contributed by atoms with Crippen molar-refractivity contribution in [3.05, 3.63) is 59.2 Å². The third-order valence-electron chi connectivity index (χ3n) is 3.96. The molecule has 0 saturated carbocycles. The van der Waals surface area contributed by atoms with Gasteiger partial charge >= 0.3 is 0 Å². The summed E-state index contributed by atoms with van der Waals surface area (Å²) < 4.78 is 5.65. The van der Waals surface area contributed by atoms with Crippen LogP contribution < -0.4 is 21.2 Å². The number of carbonyl (C=O) groups is 1. The molecule has 0 saturated heterocycles. The van der Waals surface area contributed by atoms with Gasteiger partial charge in [-0.15, -0.1) is 0 Å². The molecular formula is C20H22N6O2. The highest BCUT2D eigenvalue weighted by Crippen LogP contribution is 2.17. The number of hydrogen-bond donors (Lipinski definition) is 4. The van der Waals surface area contributed by atoms with E-state index in [1.807, 2.05) is 32.0 Å². The van der Waals surface area contributed by atoms with E-state index in [2.05, 4.69) is 15.8 Å². The third kappa shape index (κ3) is 5.57. The lowest BCUT2D eigenvalue weighted by atomic mass is 10.1. The number of carbonyl (C=O) groups excluding carboxylic acids is 1. The number of rotatable bonds is 8. The number of ether oxygens (including phenoxy) is 1. The number of nitrogens with two attached hydrogens (primary N) is 1. The zero-order valence-electron chi connectivity index (χ0n) is 15.7. The Hall–Kier alpha value is -3.86. The lowest BCUT2D eigenvalue weighted by molar-refractivity contribution is 0.0947. The topological polar surface area (TPSA) is 136 Å². The number of para-hydroxylation sites is 1. The van der Waals surface area contributed by atoms with E-state index in [9.17, 15) is 4.79 Å². The summed E-state index contributed by atoms with van der Waals surface area (Å²) >= 11 is 0. The first-order chi connectivity index (χ1) is 13.4. The van der Waals surface area contributed by atoms with Crippen molar-refractivity contribution < 1.29 is 9.53 Å². The zero-order valence-corrected chi connectivity index (χ0v) is 15.7. The molecule has 8 nitrogen and oxygen atoms in total. The van der Waals surface area contributed by atoms with Crippen molar-refractivity contribution >= 4 is 23.1 Å². The third-order valence-corrected chi connectivity index (χ3v) is 3.96. The second kappa shape index (κ2) is 9.73. The summed E-state index contributed by atoms with van der Waals surface area (Å²) in [5, 5.41) is 22.7. The Morgan fingerprint density at radius 1 is 1.25 bits per heavy atom. The van der Waals surface area contributed by atoms with Crippen LogP contribution in [0.5, 0.6) is 5.75 Å². The first-order valence-electron chi connectivity index (χ1n) is 8.58. The molecule has 28 heavy (non-hydrogen) atoms. The Labute approximate surface area is 163 Å². The molecule has 2 rings (SSSR count). The van der Waals surface area contributed by atoms with Crippen LogP contribution >= 0.6 is 0 Å². The first kappa shape index (κ1) is 20.5. The molecule has 1 amide bonds. The molecule has 0 spiro atoms. The molecule has 0 fully saturated rings. The zero-order chi connectivity index (χ0) is 20.5. The maximum Gasteiger partial charge on any atom is 0.253 e. The standard InChI is InChI=1S/C20H22N6O2/c1-13-7-8-15(11-14(13)2)28-10-9-24-20(27)16-5-3-4-6-17(16)25-26-18(12-21)19(22)23/h3-8,11,25H,9-10H2,1-2H3,(H3,22,23)(H,24,27)/b26-18+. The molecule has 5 N–H and O–H groups in total. The predicted molar refractivity (Wildman–Crippen MR) is 109 cm³/mol. The van der Waals surface area contributed by atoms with Crippen molar-refractivity contribution in [2.45, 2.75) is 13.8 Å². The second-order valence-electron chi connectivity index (χ2n) is 5.99. The summed E-state index contributed by atoms with van der Waals surface area (Å²) in [5.74, 6) is -0.0224. The van der Waals surface area contributed by atoms with E-state index < -0.39 is 5.84 Å². The molecule has 0 aliphatic rings. The fourth-order valence-electron chi connectivity index (χ4n) is 2.27. The molecule has 0 radical (unpaired) electrons. The van der Waals surface area contributed by atoms with Crippen LogP contribution in [0.2, 0.25) is 0 Å². The Morgan fingerprint density at radius 3 is 2.68 bits per heavy atom. The lowest BCUT2D eigenvalue weighted by Gasteiger charge is -2.11. The van der Waals surface area contributed by atoms with Gasteiger partial charge < -0.3 is 15.8 Å². The molecule has 2 aromatic carbocycles. The molecule has 144 valence electrons. The van der Waals surface area contributed by atoms with Crippen LogP contribution in [-0.2, 0) is 0 Å². The second-order valence-corrected chi connectivity index (χ2v) is 5.99. The van der Waals surface area contributed by atoms with Gasteiger partial charge in [-0.25, -0.2) is 0 Å². The minimum absolute atomic E-state index is 0.267. The fraction of sp³-hybridized carbons (Fsp3) is 0.200. The van der Waals surface area contributed by atoms with Crippen molar-refractivity contribution in [1.82, 2.24) is 5.32 Å². The van der Waals surface area contributed by atoms with Gasteiger partial charge in [-0.2, -0.15) is 10.4 Å². The normalized spacial score (nSPS) is 10.7. The Bertz CT molecular complexity index is 946. The van der Waals surface area contributed by atoms with Gasteiger partial charge in [0.1, 0.15) is 18.4 Å². The Morgan fingerprint density at radius 2 is 2.00 bits per heavy atom. The first-order valence-corrected chi connectivity index (χ1v) is 8.58. The van der Waals surface area contributed by atoms with Crippen LogP contribution in [0.1, 0.15) is 21.5 Å². The van der Waals surface area contributed by atoms with Gasteiger partial charge in [-0.05, 0) is 49.2 Å². The molecule has 2 aromatic rings. The average molecular weight is 378 g/mol. The van der Waals surface area contributed by atoms with Crippen LogP contribution in [0, 0.1) is 30.6 Å². The lowest BCUT2D eigenvalue weighted by Crippen LogP contribution is -2.28. The average Bonchev–Trinajstić information content (AvgIpc) is 2.68. The quantitative estimate of drug-likeness (QED) is 0.242. The van der Waals surface area contributed by atoms with Crippen molar-refractivity contribution in [3.63, 3.8) is 0 Å². The number of nitriles is 1. The van der Waals surface area contributed by atoms with Gasteiger partial charge in [0.15, 0.2) is 5.84 Å². The number of nitrogens with one attached hydrogen (secondary N) is 3. The minimum Gasteiger partial charge on any atom is -0.492 e. The predicted octanol–water partition coefficient (Wildman–Crippen LogP) is 2.34. The van der Waals surface area contributed by atoms with Crippen LogP contribution in [-0.4, -0.2) is 30.6 Å². The number of anilines is 1. The summed E-state index contributed by atoms with van der Waals surface area (Å²) in [6.45, 7) is 4.69. The highest BCUT2D eigenvalue weighted by molar-refractivity contribution is 6.45. The van der Waals surface area contributed by atoms with Gasteiger partial charge in [-0.1, -0.05) is 18.2 Å². The highest BCUT2D eigenvalue weighted by Gasteiger charge is 2.11. The number of amides is 1. The molecule has 0 aliphatic heterocycles.